The molecule has 1 aromatic heterocycles. The van der Waals surface area contributed by atoms with Gasteiger partial charge in [-0.05, 0) is 13.3 Å². The van der Waals surface area contributed by atoms with Gasteiger partial charge in [-0.25, -0.2) is 4.98 Å². The Balaban J connectivity index is 2.14. The van der Waals surface area contributed by atoms with Crippen LogP contribution >= 0.6 is 11.3 Å². The molecule has 1 amide bonds. The molecule has 2 heterocycles. The number of carboxylic acid groups (broad SMARTS) is 1. The Hall–Kier alpha value is -1.43. The van der Waals surface area contributed by atoms with Gasteiger partial charge < -0.3 is 10.0 Å². The minimum absolute atomic E-state index is 0.0796. The third-order valence-corrected chi connectivity index (χ3v) is 5.05. The monoisotopic (exact) mass is 296 g/mol. The van der Waals surface area contributed by atoms with Gasteiger partial charge in [-0.1, -0.05) is 20.8 Å². The number of nitrogens with zero attached hydrogens (tertiary/aromatic N) is 2. The molecule has 0 radical (unpaired) electrons. The van der Waals surface area contributed by atoms with Gasteiger partial charge in [0.15, 0.2) is 0 Å². The summed E-state index contributed by atoms with van der Waals surface area (Å²) < 4.78 is 0. The normalized spacial score (nSPS) is 23.1. The quantitative estimate of drug-likeness (QED) is 0.909. The summed E-state index contributed by atoms with van der Waals surface area (Å²) in [7, 11) is 0. The zero-order chi connectivity index (χ0) is 15.1. The Morgan fingerprint density at radius 1 is 1.45 bits per heavy atom. The Morgan fingerprint density at radius 2 is 2.10 bits per heavy atom. The van der Waals surface area contributed by atoms with Crippen LogP contribution < -0.4 is 0 Å². The molecule has 6 heteroatoms. The van der Waals surface area contributed by atoms with Crippen molar-refractivity contribution in [2.45, 2.75) is 39.5 Å². The van der Waals surface area contributed by atoms with E-state index in [-0.39, 0.29) is 17.9 Å². The van der Waals surface area contributed by atoms with Crippen molar-refractivity contribution in [2.24, 2.45) is 5.41 Å². The molecular formula is C14H20N2O3S. The van der Waals surface area contributed by atoms with Crippen molar-refractivity contribution in [1.29, 1.82) is 0 Å². The highest BCUT2D eigenvalue weighted by molar-refractivity contribution is 7.13. The van der Waals surface area contributed by atoms with Gasteiger partial charge >= 0.3 is 5.97 Å². The second-order valence-electron chi connectivity index (χ2n) is 6.62. The van der Waals surface area contributed by atoms with Crippen LogP contribution in [0.4, 0.5) is 0 Å². The molecule has 1 aliphatic heterocycles. The van der Waals surface area contributed by atoms with Crippen LogP contribution in [0.2, 0.25) is 0 Å². The highest BCUT2D eigenvalue weighted by atomic mass is 32.1. The van der Waals surface area contributed by atoms with E-state index in [1.165, 1.54) is 11.3 Å². The van der Waals surface area contributed by atoms with Crippen LogP contribution in [0, 0.1) is 5.41 Å². The molecule has 20 heavy (non-hydrogen) atoms. The zero-order valence-electron chi connectivity index (χ0n) is 12.3. The molecule has 1 saturated heterocycles. The van der Waals surface area contributed by atoms with Gasteiger partial charge in [-0.3, -0.25) is 9.59 Å². The molecule has 1 fully saturated rings. The van der Waals surface area contributed by atoms with E-state index in [0.29, 0.717) is 17.8 Å². The molecule has 110 valence electrons. The van der Waals surface area contributed by atoms with Crippen LogP contribution in [0.5, 0.6) is 0 Å². The largest absolute Gasteiger partial charge is 0.481 e. The summed E-state index contributed by atoms with van der Waals surface area (Å²) in [6.45, 7) is 8.61. The summed E-state index contributed by atoms with van der Waals surface area (Å²) in [5.41, 5.74) is -0.906. The summed E-state index contributed by atoms with van der Waals surface area (Å²) in [5.74, 6) is -0.949. The maximum atomic E-state index is 12.4. The average Bonchev–Trinajstić information content (AvgIpc) is 2.94. The van der Waals surface area contributed by atoms with Crippen molar-refractivity contribution in [3.8, 4) is 0 Å². The average molecular weight is 296 g/mol. The van der Waals surface area contributed by atoms with E-state index in [4.69, 9.17) is 0 Å². The Labute approximate surface area is 122 Å². The minimum atomic E-state index is -0.840. The minimum Gasteiger partial charge on any atom is -0.481 e. The Morgan fingerprint density at radius 3 is 2.55 bits per heavy atom. The van der Waals surface area contributed by atoms with Crippen LogP contribution in [0.3, 0.4) is 0 Å². The van der Waals surface area contributed by atoms with Crippen molar-refractivity contribution in [2.75, 3.05) is 13.1 Å². The molecule has 1 atom stereocenters. The predicted octanol–water partition coefficient (Wildman–Crippen LogP) is 2.38. The number of carboxylic acids is 1. The molecule has 1 aromatic rings. The van der Waals surface area contributed by atoms with Gasteiger partial charge in [-0.2, -0.15) is 0 Å². The first-order valence-corrected chi connectivity index (χ1v) is 7.44. The van der Waals surface area contributed by atoms with E-state index in [9.17, 15) is 14.7 Å². The third-order valence-electron chi connectivity index (χ3n) is 3.63. The molecule has 0 spiro atoms. The molecule has 0 saturated carbocycles. The first kappa shape index (κ1) is 15.0. The number of amides is 1. The molecule has 5 nitrogen and oxygen atoms in total. The molecule has 2 rings (SSSR count). The van der Waals surface area contributed by atoms with Crippen LogP contribution in [0.25, 0.3) is 0 Å². The first-order chi connectivity index (χ1) is 9.13. The van der Waals surface area contributed by atoms with Crippen molar-refractivity contribution in [3.63, 3.8) is 0 Å². The highest BCUT2D eigenvalue weighted by Crippen LogP contribution is 2.33. The number of thiazole rings is 1. The van der Waals surface area contributed by atoms with Crippen molar-refractivity contribution in [1.82, 2.24) is 9.88 Å². The fourth-order valence-electron chi connectivity index (χ4n) is 2.18. The number of rotatable bonds is 2. The van der Waals surface area contributed by atoms with Crippen molar-refractivity contribution in [3.05, 3.63) is 16.1 Å². The van der Waals surface area contributed by atoms with Crippen LogP contribution in [0.1, 0.15) is 48.8 Å². The third kappa shape index (κ3) is 2.70. The topological polar surface area (TPSA) is 70.5 Å². The Bertz CT molecular complexity index is 547. The summed E-state index contributed by atoms with van der Waals surface area (Å²) in [6, 6.07) is 0. The van der Waals surface area contributed by atoms with Gasteiger partial charge in [0.1, 0.15) is 4.88 Å². The van der Waals surface area contributed by atoms with Gasteiger partial charge in [0.25, 0.3) is 5.91 Å². The van der Waals surface area contributed by atoms with E-state index in [1.54, 1.807) is 18.0 Å². The van der Waals surface area contributed by atoms with Crippen LogP contribution in [-0.4, -0.2) is 40.0 Å². The lowest BCUT2D eigenvalue weighted by Gasteiger charge is -2.19. The summed E-state index contributed by atoms with van der Waals surface area (Å²) in [4.78, 5) is 30.1. The van der Waals surface area contributed by atoms with Gasteiger partial charge in [0, 0.05) is 18.5 Å². The summed E-state index contributed by atoms with van der Waals surface area (Å²) in [5, 5.41) is 10.1. The smallest absolute Gasteiger partial charge is 0.311 e. The fourth-order valence-corrected chi connectivity index (χ4v) is 3.13. The lowest BCUT2D eigenvalue weighted by molar-refractivity contribution is -0.147. The van der Waals surface area contributed by atoms with Crippen molar-refractivity contribution < 1.29 is 14.7 Å². The fraction of sp³-hybridized carbons (Fsp3) is 0.643. The lowest BCUT2D eigenvalue weighted by atomic mass is 9.90. The van der Waals surface area contributed by atoms with E-state index in [2.05, 4.69) is 25.8 Å². The number of aromatic nitrogens is 1. The predicted molar refractivity (Wildman–Crippen MR) is 77.1 cm³/mol. The number of hydrogen-bond acceptors (Lipinski definition) is 4. The Kier molecular flexibility index (Phi) is 3.62. The first-order valence-electron chi connectivity index (χ1n) is 6.62. The zero-order valence-corrected chi connectivity index (χ0v) is 13.1. The van der Waals surface area contributed by atoms with Crippen molar-refractivity contribution >= 4 is 23.2 Å². The summed E-state index contributed by atoms with van der Waals surface area (Å²) >= 11 is 1.39. The van der Waals surface area contributed by atoms with E-state index in [1.807, 2.05) is 0 Å². The molecular weight excluding hydrogens is 276 g/mol. The van der Waals surface area contributed by atoms with Gasteiger partial charge in [-0.15, -0.1) is 11.3 Å². The number of likely N-dealkylation sites (tertiary alicyclic amines) is 1. The highest BCUT2D eigenvalue weighted by Gasteiger charge is 2.42. The second-order valence-corrected chi connectivity index (χ2v) is 7.65. The maximum absolute atomic E-state index is 12.4. The number of aliphatic carboxylic acids is 1. The van der Waals surface area contributed by atoms with Crippen LogP contribution in [-0.2, 0) is 10.2 Å². The van der Waals surface area contributed by atoms with Gasteiger partial charge in [0.2, 0.25) is 0 Å². The summed E-state index contributed by atoms with van der Waals surface area (Å²) in [6.07, 6.45) is 2.10. The maximum Gasteiger partial charge on any atom is 0.311 e. The van der Waals surface area contributed by atoms with E-state index in [0.717, 1.165) is 5.01 Å². The molecule has 1 aliphatic rings. The molecule has 0 unspecified atom stereocenters. The molecule has 0 aliphatic carbocycles. The van der Waals surface area contributed by atoms with E-state index >= 15 is 0 Å². The van der Waals surface area contributed by atoms with E-state index < -0.39 is 11.4 Å². The SMILES string of the molecule is CC(C)(C)c1ncc(C(=O)N2CC[C@@](C)(C(=O)O)C2)s1. The van der Waals surface area contributed by atoms with Gasteiger partial charge in [0.05, 0.1) is 16.6 Å². The number of carbonyl (C=O) groups is 2. The number of carbonyl (C=O) groups excluding carboxylic acids is 1. The van der Waals surface area contributed by atoms with Crippen LogP contribution in [0.15, 0.2) is 6.20 Å². The molecule has 0 aromatic carbocycles. The molecule has 1 N–H and O–H groups in total. The lowest BCUT2D eigenvalue weighted by Crippen LogP contribution is -2.34. The standard InChI is InChI=1S/C14H20N2O3S/c1-13(2,3)11-15-7-9(20-11)10(17)16-6-5-14(4,8-16)12(18)19/h7H,5-6,8H2,1-4H3,(H,18,19)/t14-/m1/s1. The molecule has 0 bridgehead atoms. The second kappa shape index (κ2) is 4.84. The number of hydrogen-bond donors (Lipinski definition) is 1.